The van der Waals surface area contributed by atoms with Gasteiger partial charge in [0.1, 0.15) is 11.5 Å². The van der Waals surface area contributed by atoms with Gasteiger partial charge in [-0.05, 0) is 36.2 Å². The minimum Gasteiger partial charge on any atom is -0.355 e. The van der Waals surface area contributed by atoms with Crippen molar-refractivity contribution in [1.29, 1.82) is 0 Å². The summed E-state index contributed by atoms with van der Waals surface area (Å²) in [6.07, 6.45) is 4.48. The first-order valence-corrected chi connectivity index (χ1v) is 10.2. The van der Waals surface area contributed by atoms with Crippen LogP contribution in [0.25, 0.3) is 0 Å². The molecular formula is C24H24N4O2. The molecule has 0 unspecified atom stereocenters. The number of carbonyl (C=O) groups is 2. The van der Waals surface area contributed by atoms with Crippen molar-refractivity contribution in [2.24, 2.45) is 0 Å². The Morgan fingerprint density at radius 1 is 0.867 bits per heavy atom. The molecule has 6 heteroatoms. The van der Waals surface area contributed by atoms with E-state index in [0.29, 0.717) is 30.8 Å². The summed E-state index contributed by atoms with van der Waals surface area (Å²) in [7, 11) is 0. The zero-order valence-electron chi connectivity index (χ0n) is 16.8. The van der Waals surface area contributed by atoms with Gasteiger partial charge in [-0.1, -0.05) is 36.4 Å². The second kappa shape index (κ2) is 9.31. The van der Waals surface area contributed by atoms with E-state index in [9.17, 15) is 9.59 Å². The van der Waals surface area contributed by atoms with E-state index in [0.717, 1.165) is 30.9 Å². The van der Waals surface area contributed by atoms with E-state index >= 15 is 0 Å². The van der Waals surface area contributed by atoms with Crippen molar-refractivity contribution >= 4 is 17.5 Å². The molecule has 0 atom stereocenters. The van der Waals surface area contributed by atoms with Crippen LogP contribution in [-0.4, -0.2) is 52.7 Å². The third-order valence-corrected chi connectivity index (χ3v) is 5.26. The molecule has 152 valence electrons. The molecule has 0 radical (unpaired) electrons. The zero-order valence-corrected chi connectivity index (χ0v) is 16.8. The van der Waals surface area contributed by atoms with Crippen LogP contribution in [0.3, 0.4) is 0 Å². The number of anilines is 1. The van der Waals surface area contributed by atoms with Gasteiger partial charge in [0.05, 0.1) is 6.42 Å². The van der Waals surface area contributed by atoms with E-state index in [1.807, 2.05) is 47.4 Å². The van der Waals surface area contributed by atoms with Crippen LogP contribution in [0.4, 0.5) is 5.82 Å². The second-order valence-electron chi connectivity index (χ2n) is 7.34. The first kappa shape index (κ1) is 19.8. The van der Waals surface area contributed by atoms with Crippen molar-refractivity contribution in [2.75, 3.05) is 31.1 Å². The zero-order chi connectivity index (χ0) is 20.8. The monoisotopic (exact) mass is 400 g/mol. The molecule has 0 saturated carbocycles. The van der Waals surface area contributed by atoms with Crippen molar-refractivity contribution in [3.05, 3.63) is 89.9 Å². The van der Waals surface area contributed by atoms with E-state index < -0.39 is 0 Å². The predicted molar refractivity (Wildman–Crippen MR) is 115 cm³/mol. The second-order valence-corrected chi connectivity index (χ2v) is 7.34. The summed E-state index contributed by atoms with van der Waals surface area (Å²) < 4.78 is 0. The summed E-state index contributed by atoms with van der Waals surface area (Å²) in [6.45, 7) is 2.87. The summed E-state index contributed by atoms with van der Waals surface area (Å²) in [4.78, 5) is 38.1. The predicted octanol–water partition coefficient (Wildman–Crippen LogP) is 2.99. The molecule has 0 bridgehead atoms. The molecule has 3 heterocycles. The highest BCUT2D eigenvalue weighted by Crippen LogP contribution is 2.17. The van der Waals surface area contributed by atoms with Gasteiger partial charge in [-0.25, -0.2) is 4.98 Å². The van der Waals surface area contributed by atoms with Crippen LogP contribution in [0.1, 0.15) is 28.0 Å². The molecule has 2 aromatic heterocycles. The number of rotatable bonds is 5. The summed E-state index contributed by atoms with van der Waals surface area (Å²) in [6, 6.07) is 18.8. The number of aromatic nitrogens is 2. The highest BCUT2D eigenvalue weighted by atomic mass is 16.2. The van der Waals surface area contributed by atoms with Crippen LogP contribution in [0.15, 0.2) is 73.1 Å². The van der Waals surface area contributed by atoms with Gasteiger partial charge in [0.15, 0.2) is 0 Å². The Labute approximate surface area is 176 Å². The summed E-state index contributed by atoms with van der Waals surface area (Å²) in [5.41, 5.74) is 1.96. The highest BCUT2D eigenvalue weighted by molar-refractivity contribution is 6.07. The van der Waals surface area contributed by atoms with Crippen LogP contribution in [0, 0.1) is 0 Å². The van der Waals surface area contributed by atoms with Crippen molar-refractivity contribution < 1.29 is 9.59 Å². The first-order valence-electron chi connectivity index (χ1n) is 10.2. The molecule has 0 aliphatic carbocycles. The van der Waals surface area contributed by atoms with Crippen molar-refractivity contribution in [2.45, 2.75) is 12.8 Å². The Morgan fingerprint density at radius 2 is 1.73 bits per heavy atom. The van der Waals surface area contributed by atoms with Crippen LogP contribution < -0.4 is 4.90 Å². The third-order valence-electron chi connectivity index (χ3n) is 5.26. The van der Waals surface area contributed by atoms with Gasteiger partial charge < -0.3 is 9.80 Å². The van der Waals surface area contributed by atoms with Crippen LogP contribution in [0.5, 0.6) is 0 Å². The third kappa shape index (κ3) is 4.71. The molecule has 1 aliphatic rings. The molecule has 0 spiro atoms. The van der Waals surface area contributed by atoms with Crippen LogP contribution >= 0.6 is 0 Å². The lowest BCUT2D eigenvalue weighted by atomic mass is 10.1. The number of amides is 1. The van der Waals surface area contributed by atoms with Gasteiger partial charge in [0.2, 0.25) is 11.7 Å². The molecule has 1 aliphatic heterocycles. The fourth-order valence-electron chi connectivity index (χ4n) is 3.65. The Kier molecular flexibility index (Phi) is 6.13. The lowest BCUT2D eigenvalue weighted by molar-refractivity contribution is -0.130. The maximum absolute atomic E-state index is 12.7. The van der Waals surface area contributed by atoms with Gasteiger partial charge in [-0.15, -0.1) is 0 Å². The van der Waals surface area contributed by atoms with Crippen LogP contribution in [-0.2, 0) is 11.2 Å². The average molecular weight is 400 g/mol. The van der Waals surface area contributed by atoms with Crippen molar-refractivity contribution in [1.82, 2.24) is 14.9 Å². The van der Waals surface area contributed by atoms with E-state index in [4.69, 9.17) is 0 Å². The van der Waals surface area contributed by atoms with E-state index in [-0.39, 0.29) is 11.7 Å². The average Bonchev–Trinajstić information content (AvgIpc) is 3.06. The summed E-state index contributed by atoms with van der Waals surface area (Å²) >= 11 is 0. The topological polar surface area (TPSA) is 66.4 Å². The molecule has 1 fully saturated rings. The number of hydrogen-bond acceptors (Lipinski definition) is 5. The highest BCUT2D eigenvalue weighted by Gasteiger charge is 2.21. The Balaban J connectivity index is 1.42. The SMILES string of the molecule is O=C(c1cccnc1)c1cccc(N2CCCN(C(=O)Cc3ccccc3)CC2)n1. The smallest absolute Gasteiger partial charge is 0.227 e. The minimum absolute atomic E-state index is 0.139. The largest absolute Gasteiger partial charge is 0.355 e. The first-order chi connectivity index (χ1) is 14.7. The van der Waals surface area contributed by atoms with Crippen molar-refractivity contribution in [3.8, 4) is 0 Å². The Hall–Kier alpha value is -3.54. The quantitative estimate of drug-likeness (QED) is 0.616. The maximum atomic E-state index is 12.7. The summed E-state index contributed by atoms with van der Waals surface area (Å²) in [5, 5.41) is 0. The van der Waals surface area contributed by atoms with E-state index in [2.05, 4.69) is 14.9 Å². The molecule has 1 aromatic carbocycles. The standard InChI is InChI=1S/C24H24N4O2/c29-23(17-19-7-2-1-3-8-19)28-14-6-13-27(15-16-28)22-11-4-10-21(26-22)24(30)20-9-5-12-25-18-20/h1-5,7-12,18H,6,13-17H2. The van der Waals surface area contributed by atoms with Crippen LogP contribution in [0.2, 0.25) is 0 Å². The molecule has 0 N–H and O–H groups in total. The lowest BCUT2D eigenvalue weighted by Gasteiger charge is -2.23. The number of hydrogen-bond donors (Lipinski definition) is 0. The lowest BCUT2D eigenvalue weighted by Crippen LogP contribution is -2.36. The maximum Gasteiger partial charge on any atom is 0.227 e. The van der Waals surface area contributed by atoms with Gasteiger partial charge >= 0.3 is 0 Å². The molecule has 3 aromatic rings. The van der Waals surface area contributed by atoms with E-state index in [1.54, 1.807) is 30.6 Å². The number of pyridine rings is 2. The van der Waals surface area contributed by atoms with Gasteiger partial charge in [-0.3, -0.25) is 14.6 Å². The minimum atomic E-state index is -0.139. The molecule has 1 saturated heterocycles. The molecule has 30 heavy (non-hydrogen) atoms. The van der Waals surface area contributed by atoms with Gasteiger partial charge in [0.25, 0.3) is 0 Å². The van der Waals surface area contributed by atoms with Crippen molar-refractivity contribution in [3.63, 3.8) is 0 Å². The molecular weight excluding hydrogens is 376 g/mol. The molecule has 6 nitrogen and oxygen atoms in total. The fourth-order valence-corrected chi connectivity index (χ4v) is 3.65. The van der Waals surface area contributed by atoms with E-state index in [1.165, 1.54) is 0 Å². The Bertz CT molecular complexity index is 1010. The number of nitrogens with zero attached hydrogens (tertiary/aromatic N) is 4. The van der Waals surface area contributed by atoms with Gasteiger partial charge in [0, 0.05) is 44.1 Å². The number of ketones is 1. The Morgan fingerprint density at radius 3 is 2.53 bits per heavy atom. The fraction of sp³-hybridized carbons (Fsp3) is 0.250. The molecule has 1 amide bonds. The number of carbonyl (C=O) groups excluding carboxylic acids is 2. The summed E-state index contributed by atoms with van der Waals surface area (Å²) in [5.74, 6) is 0.776. The molecule has 4 rings (SSSR count). The number of benzene rings is 1. The normalized spacial score (nSPS) is 14.3. The van der Waals surface area contributed by atoms with Gasteiger partial charge in [-0.2, -0.15) is 0 Å².